The highest BCUT2D eigenvalue weighted by Gasteiger charge is 2.26. The molecule has 4 heteroatoms. The lowest BCUT2D eigenvalue weighted by atomic mass is 9.87. The lowest BCUT2D eigenvalue weighted by Gasteiger charge is -2.32. The Bertz CT molecular complexity index is 145. The predicted molar refractivity (Wildman–Crippen MR) is 59.0 cm³/mol. The van der Waals surface area contributed by atoms with E-state index in [4.69, 9.17) is 0 Å². The van der Waals surface area contributed by atoms with E-state index < -0.39 is 11.4 Å². The van der Waals surface area contributed by atoms with Crippen molar-refractivity contribution in [2.24, 2.45) is 5.41 Å². The SMILES string of the molecule is CN[C@H](CN(C)[S+](C)[O-])C(C)(C)C. The van der Waals surface area contributed by atoms with Crippen LogP contribution in [0.25, 0.3) is 0 Å². The minimum absolute atomic E-state index is 0.197. The first-order valence-corrected chi connectivity index (χ1v) is 6.02. The van der Waals surface area contributed by atoms with Gasteiger partial charge in [-0.25, -0.2) is 0 Å². The Morgan fingerprint density at radius 1 is 1.46 bits per heavy atom. The fraction of sp³-hybridized carbons (Fsp3) is 1.00. The molecule has 0 saturated carbocycles. The van der Waals surface area contributed by atoms with Crippen molar-refractivity contribution in [2.45, 2.75) is 26.8 Å². The van der Waals surface area contributed by atoms with Gasteiger partial charge in [-0.2, -0.15) is 0 Å². The normalized spacial score (nSPS) is 17.5. The maximum absolute atomic E-state index is 11.1. The second-order valence-electron chi connectivity index (χ2n) is 4.44. The molecule has 1 N–H and O–H groups in total. The van der Waals surface area contributed by atoms with E-state index in [9.17, 15) is 4.55 Å². The molecule has 0 aromatic rings. The van der Waals surface area contributed by atoms with Gasteiger partial charge >= 0.3 is 0 Å². The van der Waals surface area contributed by atoms with Gasteiger partial charge in [-0.05, 0) is 12.5 Å². The van der Waals surface area contributed by atoms with E-state index in [1.165, 1.54) is 0 Å². The van der Waals surface area contributed by atoms with Crippen molar-refractivity contribution in [3.05, 3.63) is 0 Å². The molecule has 0 heterocycles. The van der Waals surface area contributed by atoms with Crippen LogP contribution in [0.15, 0.2) is 0 Å². The molecule has 0 aliphatic rings. The Kier molecular flexibility index (Phi) is 5.29. The van der Waals surface area contributed by atoms with Crippen molar-refractivity contribution in [1.29, 1.82) is 0 Å². The molecule has 0 aliphatic carbocycles. The highest BCUT2D eigenvalue weighted by molar-refractivity contribution is 7.88. The van der Waals surface area contributed by atoms with Crippen LogP contribution in [-0.4, -0.2) is 41.8 Å². The van der Waals surface area contributed by atoms with Gasteiger partial charge in [-0.1, -0.05) is 20.8 Å². The van der Waals surface area contributed by atoms with E-state index in [1.54, 1.807) is 6.26 Å². The summed E-state index contributed by atoms with van der Waals surface area (Å²) in [5, 5.41) is 3.25. The van der Waals surface area contributed by atoms with Gasteiger partial charge in [0.05, 0.1) is 6.54 Å². The molecule has 0 radical (unpaired) electrons. The summed E-state index contributed by atoms with van der Waals surface area (Å²) in [5.74, 6) is 0. The van der Waals surface area contributed by atoms with E-state index in [2.05, 4.69) is 26.1 Å². The van der Waals surface area contributed by atoms with Crippen LogP contribution in [0.1, 0.15) is 20.8 Å². The summed E-state index contributed by atoms with van der Waals surface area (Å²) in [6, 6.07) is 0.362. The molecule has 0 aromatic heterocycles. The van der Waals surface area contributed by atoms with Crippen LogP contribution in [-0.2, 0) is 11.4 Å². The fourth-order valence-electron chi connectivity index (χ4n) is 1.16. The molecule has 80 valence electrons. The minimum atomic E-state index is -0.874. The quantitative estimate of drug-likeness (QED) is 0.693. The van der Waals surface area contributed by atoms with Gasteiger partial charge in [-0.3, -0.25) is 0 Å². The number of nitrogens with one attached hydrogen (secondary N) is 1. The Balaban J connectivity index is 4.14. The summed E-state index contributed by atoms with van der Waals surface area (Å²) >= 11 is -0.874. The summed E-state index contributed by atoms with van der Waals surface area (Å²) in [7, 11) is 3.83. The van der Waals surface area contributed by atoms with Crippen LogP contribution in [0, 0.1) is 5.41 Å². The van der Waals surface area contributed by atoms with Crippen molar-refractivity contribution in [2.75, 3.05) is 26.9 Å². The third kappa shape index (κ3) is 4.86. The average molecular weight is 206 g/mol. The minimum Gasteiger partial charge on any atom is -0.598 e. The molecule has 3 nitrogen and oxygen atoms in total. The monoisotopic (exact) mass is 206 g/mol. The second kappa shape index (κ2) is 5.20. The fourth-order valence-corrected chi connectivity index (χ4v) is 1.52. The topological polar surface area (TPSA) is 38.3 Å². The lowest BCUT2D eigenvalue weighted by Crippen LogP contribution is -2.47. The van der Waals surface area contributed by atoms with Crippen molar-refractivity contribution in [3.8, 4) is 0 Å². The highest BCUT2D eigenvalue weighted by atomic mass is 32.2. The molecular weight excluding hydrogens is 184 g/mol. The van der Waals surface area contributed by atoms with E-state index in [1.807, 2.05) is 18.4 Å². The van der Waals surface area contributed by atoms with Crippen LogP contribution < -0.4 is 5.32 Å². The molecule has 13 heavy (non-hydrogen) atoms. The van der Waals surface area contributed by atoms with Crippen LogP contribution in [0.4, 0.5) is 0 Å². The van der Waals surface area contributed by atoms with E-state index in [0.29, 0.717) is 6.04 Å². The first kappa shape index (κ1) is 13.2. The van der Waals surface area contributed by atoms with Crippen LogP contribution in [0.3, 0.4) is 0 Å². The Labute approximate surface area is 85.2 Å². The zero-order valence-corrected chi connectivity index (χ0v) is 10.4. The summed E-state index contributed by atoms with van der Waals surface area (Å²) in [4.78, 5) is 0. The molecule has 0 saturated heterocycles. The smallest absolute Gasteiger partial charge is 0.115 e. The predicted octanol–water partition coefficient (Wildman–Crippen LogP) is 0.846. The molecule has 0 bridgehead atoms. The van der Waals surface area contributed by atoms with Crippen molar-refractivity contribution >= 4 is 11.4 Å². The summed E-state index contributed by atoms with van der Waals surface area (Å²) in [6.07, 6.45) is 1.70. The van der Waals surface area contributed by atoms with Gasteiger partial charge in [0.15, 0.2) is 0 Å². The van der Waals surface area contributed by atoms with E-state index in [-0.39, 0.29) is 5.41 Å². The zero-order valence-electron chi connectivity index (χ0n) is 9.55. The summed E-state index contributed by atoms with van der Waals surface area (Å²) in [6.45, 7) is 7.35. The van der Waals surface area contributed by atoms with Gasteiger partial charge < -0.3 is 9.87 Å². The third-order valence-corrected chi connectivity index (χ3v) is 3.30. The maximum atomic E-state index is 11.1. The van der Waals surface area contributed by atoms with Crippen LogP contribution >= 0.6 is 0 Å². The first-order valence-electron chi connectivity index (χ1n) is 4.51. The Hall–Kier alpha value is 0.230. The molecular formula is C9H22N2OS. The number of nitrogens with zero attached hydrogens (tertiary/aromatic N) is 1. The number of rotatable bonds is 4. The van der Waals surface area contributed by atoms with Crippen molar-refractivity contribution in [1.82, 2.24) is 9.62 Å². The van der Waals surface area contributed by atoms with Gasteiger partial charge in [-0.15, -0.1) is 4.31 Å². The van der Waals surface area contributed by atoms with Crippen LogP contribution in [0.5, 0.6) is 0 Å². The molecule has 0 fully saturated rings. The zero-order chi connectivity index (χ0) is 10.6. The molecule has 2 atom stereocenters. The number of likely N-dealkylation sites (N-methyl/N-ethyl adjacent to an activating group) is 2. The van der Waals surface area contributed by atoms with Crippen molar-refractivity contribution < 1.29 is 4.55 Å². The third-order valence-electron chi connectivity index (χ3n) is 2.27. The summed E-state index contributed by atoms with van der Waals surface area (Å²) in [5.41, 5.74) is 0.197. The Morgan fingerprint density at radius 2 is 1.92 bits per heavy atom. The van der Waals surface area contributed by atoms with Gasteiger partial charge in [0.25, 0.3) is 0 Å². The number of hydrogen-bond acceptors (Lipinski definition) is 3. The molecule has 0 rings (SSSR count). The van der Waals surface area contributed by atoms with E-state index in [0.717, 1.165) is 6.54 Å². The maximum Gasteiger partial charge on any atom is 0.115 e. The lowest BCUT2D eigenvalue weighted by molar-refractivity contribution is 0.246. The molecule has 0 aromatic carbocycles. The van der Waals surface area contributed by atoms with Gasteiger partial charge in [0.1, 0.15) is 6.26 Å². The average Bonchev–Trinajstić information content (AvgIpc) is 1.96. The van der Waals surface area contributed by atoms with Crippen LogP contribution in [0.2, 0.25) is 0 Å². The molecule has 0 amide bonds. The molecule has 1 unspecified atom stereocenters. The molecule has 0 aliphatic heterocycles. The number of hydrogen-bond donors (Lipinski definition) is 1. The summed E-state index contributed by atoms with van der Waals surface area (Å²) < 4.78 is 13.0. The van der Waals surface area contributed by atoms with Gasteiger partial charge in [0, 0.05) is 24.5 Å². The standard InChI is InChI=1S/C9H22N2OS/c1-9(2,3)8(10-4)7-11(5)13(6)12/h8,10H,7H2,1-6H3/t8-,13?/m1/s1. The van der Waals surface area contributed by atoms with Gasteiger partial charge in [0.2, 0.25) is 0 Å². The molecule has 0 spiro atoms. The Morgan fingerprint density at radius 3 is 2.15 bits per heavy atom. The second-order valence-corrected chi connectivity index (χ2v) is 5.91. The first-order chi connectivity index (χ1) is 5.79. The largest absolute Gasteiger partial charge is 0.598 e. The van der Waals surface area contributed by atoms with E-state index >= 15 is 0 Å². The highest BCUT2D eigenvalue weighted by Crippen LogP contribution is 2.19. The van der Waals surface area contributed by atoms with Crippen molar-refractivity contribution in [3.63, 3.8) is 0 Å².